The van der Waals surface area contributed by atoms with Crippen molar-refractivity contribution in [3.05, 3.63) is 0 Å². The molecule has 0 radical (unpaired) electrons. The number of hydrogen-bond donors (Lipinski definition) is 2. The van der Waals surface area contributed by atoms with E-state index in [9.17, 15) is 14.4 Å². The number of amides is 3. The molecule has 2 N–H and O–H groups in total. The Labute approximate surface area is 107 Å². The van der Waals surface area contributed by atoms with Crippen molar-refractivity contribution in [2.45, 2.75) is 26.3 Å². The predicted molar refractivity (Wildman–Crippen MR) is 65.9 cm³/mol. The Bertz CT molecular complexity index is 323. The SMILES string of the molecule is COC(=O)NCC(=O)N(C)CC(=O)NC(C)(C)C. The molecule has 7 nitrogen and oxygen atoms in total. The molecule has 0 saturated carbocycles. The molecule has 0 unspecified atom stereocenters. The topological polar surface area (TPSA) is 87.7 Å². The smallest absolute Gasteiger partial charge is 0.407 e. The average molecular weight is 259 g/mol. The first kappa shape index (κ1) is 16.2. The Balaban J connectivity index is 4.08. The van der Waals surface area contributed by atoms with Crippen molar-refractivity contribution in [1.82, 2.24) is 15.5 Å². The molecule has 0 heterocycles. The van der Waals surface area contributed by atoms with Gasteiger partial charge >= 0.3 is 6.09 Å². The number of hydrogen-bond acceptors (Lipinski definition) is 4. The average Bonchev–Trinajstić information content (AvgIpc) is 2.22. The Hall–Kier alpha value is -1.79. The molecule has 0 saturated heterocycles. The molecule has 0 aliphatic heterocycles. The van der Waals surface area contributed by atoms with Gasteiger partial charge in [-0.3, -0.25) is 9.59 Å². The van der Waals surface area contributed by atoms with Crippen molar-refractivity contribution in [2.75, 3.05) is 27.2 Å². The van der Waals surface area contributed by atoms with Gasteiger partial charge in [-0.15, -0.1) is 0 Å². The molecule has 0 bridgehead atoms. The summed E-state index contributed by atoms with van der Waals surface area (Å²) in [5, 5.41) is 4.99. The third kappa shape index (κ3) is 7.48. The quantitative estimate of drug-likeness (QED) is 0.726. The van der Waals surface area contributed by atoms with Crippen molar-refractivity contribution in [1.29, 1.82) is 0 Å². The van der Waals surface area contributed by atoms with Crippen LogP contribution in [0.2, 0.25) is 0 Å². The molecule has 7 heteroatoms. The first-order chi connectivity index (χ1) is 8.15. The zero-order valence-corrected chi connectivity index (χ0v) is 11.5. The van der Waals surface area contributed by atoms with Gasteiger partial charge in [-0.05, 0) is 20.8 Å². The number of nitrogens with one attached hydrogen (secondary N) is 2. The fraction of sp³-hybridized carbons (Fsp3) is 0.727. The van der Waals surface area contributed by atoms with Gasteiger partial charge < -0.3 is 20.3 Å². The minimum absolute atomic E-state index is 0.0566. The summed E-state index contributed by atoms with van der Waals surface area (Å²) < 4.78 is 4.33. The first-order valence-corrected chi connectivity index (χ1v) is 5.52. The van der Waals surface area contributed by atoms with Gasteiger partial charge in [-0.1, -0.05) is 0 Å². The molecule has 104 valence electrons. The maximum atomic E-state index is 11.6. The minimum atomic E-state index is -0.684. The molecular weight excluding hydrogens is 238 g/mol. The maximum absolute atomic E-state index is 11.6. The maximum Gasteiger partial charge on any atom is 0.407 e. The van der Waals surface area contributed by atoms with Crippen molar-refractivity contribution in [2.24, 2.45) is 0 Å². The number of alkyl carbamates (subject to hydrolysis) is 1. The number of nitrogens with zero attached hydrogens (tertiary/aromatic N) is 1. The molecule has 0 fully saturated rings. The van der Waals surface area contributed by atoms with Crippen LogP contribution in [0.15, 0.2) is 0 Å². The lowest BCUT2D eigenvalue weighted by atomic mass is 10.1. The third-order valence-electron chi connectivity index (χ3n) is 1.89. The van der Waals surface area contributed by atoms with Crippen LogP contribution >= 0.6 is 0 Å². The monoisotopic (exact) mass is 259 g/mol. The highest BCUT2D eigenvalue weighted by Gasteiger charge is 2.17. The van der Waals surface area contributed by atoms with Crippen molar-refractivity contribution >= 4 is 17.9 Å². The van der Waals surface area contributed by atoms with Crippen LogP contribution in [0.3, 0.4) is 0 Å². The lowest BCUT2D eigenvalue weighted by molar-refractivity contribution is -0.134. The Morgan fingerprint density at radius 1 is 1.22 bits per heavy atom. The van der Waals surface area contributed by atoms with Gasteiger partial charge in [0.1, 0.15) is 6.54 Å². The second kappa shape index (κ2) is 6.83. The van der Waals surface area contributed by atoms with Gasteiger partial charge in [0.15, 0.2) is 0 Å². The van der Waals surface area contributed by atoms with E-state index < -0.39 is 6.09 Å². The highest BCUT2D eigenvalue weighted by atomic mass is 16.5. The number of likely N-dealkylation sites (N-methyl/N-ethyl adjacent to an activating group) is 1. The van der Waals surface area contributed by atoms with Gasteiger partial charge in [-0.2, -0.15) is 0 Å². The lowest BCUT2D eigenvalue weighted by Gasteiger charge is -2.23. The van der Waals surface area contributed by atoms with Gasteiger partial charge in [0.05, 0.1) is 13.7 Å². The van der Waals surface area contributed by atoms with E-state index in [4.69, 9.17) is 0 Å². The zero-order valence-electron chi connectivity index (χ0n) is 11.5. The Morgan fingerprint density at radius 2 is 1.78 bits per heavy atom. The number of carbonyl (C=O) groups is 3. The third-order valence-corrected chi connectivity index (χ3v) is 1.89. The molecule has 0 aromatic rings. The summed E-state index contributed by atoms with van der Waals surface area (Å²) in [6.07, 6.45) is -0.684. The van der Waals surface area contributed by atoms with Crippen LogP contribution < -0.4 is 10.6 Å². The fourth-order valence-electron chi connectivity index (χ4n) is 1.12. The first-order valence-electron chi connectivity index (χ1n) is 5.52. The van der Waals surface area contributed by atoms with Gasteiger partial charge in [0, 0.05) is 12.6 Å². The van der Waals surface area contributed by atoms with Crippen molar-refractivity contribution in [3.8, 4) is 0 Å². The molecule has 0 aromatic heterocycles. The van der Waals surface area contributed by atoms with E-state index in [0.29, 0.717) is 0 Å². The summed E-state index contributed by atoms with van der Waals surface area (Å²) in [6, 6.07) is 0. The van der Waals surface area contributed by atoms with E-state index >= 15 is 0 Å². The predicted octanol–water partition coefficient (Wildman–Crippen LogP) is -0.284. The molecule has 0 aliphatic rings. The number of methoxy groups -OCH3 is 1. The van der Waals surface area contributed by atoms with E-state index in [-0.39, 0.29) is 30.4 Å². The molecular formula is C11H21N3O4. The largest absolute Gasteiger partial charge is 0.453 e. The van der Waals surface area contributed by atoms with E-state index in [0.717, 1.165) is 0 Å². The number of rotatable bonds is 4. The number of ether oxygens (including phenoxy) is 1. The minimum Gasteiger partial charge on any atom is -0.453 e. The van der Waals surface area contributed by atoms with Crippen LogP contribution in [0.1, 0.15) is 20.8 Å². The van der Waals surface area contributed by atoms with Crippen LogP contribution in [-0.2, 0) is 14.3 Å². The standard InChI is InChI=1S/C11H21N3O4/c1-11(2,3)13-8(15)7-14(4)9(16)6-12-10(17)18-5/h6-7H2,1-5H3,(H,12,17)(H,13,15). The van der Waals surface area contributed by atoms with Crippen LogP contribution in [0.4, 0.5) is 4.79 Å². The lowest BCUT2D eigenvalue weighted by Crippen LogP contribution is -2.47. The zero-order chi connectivity index (χ0) is 14.3. The summed E-state index contributed by atoms with van der Waals surface area (Å²) in [5.41, 5.74) is -0.342. The van der Waals surface area contributed by atoms with Crippen molar-refractivity contribution in [3.63, 3.8) is 0 Å². The van der Waals surface area contributed by atoms with E-state index in [1.165, 1.54) is 19.1 Å². The van der Waals surface area contributed by atoms with E-state index in [1.807, 2.05) is 20.8 Å². The summed E-state index contributed by atoms with van der Waals surface area (Å²) >= 11 is 0. The number of carbonyl (C=O) groups excluding carboxylic acids is 3. The second-order valence-electron chi connectivity index (χ2n) is 4.89. The van der Waals surface area contributed by atoms with Crippen LogP contribution in [0, 0.1) is 0 Å². The molecule has 0 spiro atoms. The molecule has 0 atom stereocenters. The Kier molecular flexibility index (Phi) is 6.15. The van der Waals surface area contributed by atoms with Gasteiger partial charge in [0.2, 0.25) is 11.8 Å². The summed E-state index contributed by atoms with van der Waals surface area (Å²) in [7, 11) is 2.70. The van der Waals surface area contributed by atoms with E-state index in [1.54, 1.807) is 0 Å². The van der Waals surface area contributed by atoms with Crippen LogP contribution in [0.5, 0.6) is 0 Å². The van der Waals surface area contributed by atoms with Gasteiger partial charge in [0.25, 0.3) is 0 Å². The molecule has 0 rings (SSSR count). The van der Waals surface area contributed by atoms with Crippen LogP contribution in [-0.4, -0.2) is 55.6 Å². The summed E-state index contributed by atoms with van der Waals surface area (Å²) in [6.45, 7) is 5.30. The summed E-state index contributed by atoms with van der Waals surface area (Å²) in [5.74, 6) is -0.624. The highest BCUT2D eigenvalue weighted by molar-refractivity contribution is 5.87. The van der Waals surface area contributed by atoms with E-state index in [2.05, 4.69) is 15.4 Å². The Morgan fingerprint density at radius 3 is 2.22 bits per heavy atom. The molecule has 0 aliphatic carbocycles. The summed E-state index contributed by atoms with van der Waals surface area (Å²) in [4.78, 5) is 35.1. The highest BCUT2D eigenvalue weighted by Crippen LogP contribution is 1.98. The molecule has 3 amide bonds. The van der Waals surface area contributed by atoms with Gasteiger partial charge in [-0.25, -0.2) is 4.79 Å². The molecule has 0 aromatic carbocycles. The van der Waals surface area contributed by atoms with Crippen molar-refractivity contribution < 1.29 is 19.1 Å². The second-order valence-corrected chi connectivity index (χ2v) is 4.89. The van der Waals surface area contributed by atoms with Crippen LogP contribution in [0.25, 0.3) is 0 Å². The fourth-order valence-corrected chi connectivity index (χ4v) is 1.12. The normalized spacial score (nSPS) is 10.5. The molecule has 18 heavy (non-hydrogen) atoms.